The van der Waals surface area contributed by atoms with Crippen molar-refractivity contribution in [2.24, 2.45) is 0 Å². The lowest BCUT2D eigenvalue weighted by atomic mass is 10.0. The van der Waals surface area contributed by atoms with E-state index in [-0.39, 0.29) is 23.9 Å². The molecular weight excluding hydrogens is 422 g/mol. The van der Waals surface area contributed by atoms with Crippen LogP contribution in [-0.2, 0) is 12.8 Å². The Hall–Kier alpha value is -3.47. The van der Waals surface area contributed by atoms with Gasteiger partial charge in [0.05, 0.1) is 0 Å². The van der Waals surface area contributed by atoms with Crippen molar-refractivity contribution in [1.82, 2.24) is 14.8 Å². The van der Waals surface area contributed by atoms with E-state index in [9.17, 15) is 9.59 Å². The highest BCUT2D eigenvalue weighted by Crippen LogP contribution is 2.25. The molecule has 5 rings (SSSR count). The van der Waals surface area contributed by atoms with Crippen molar-refractivity contribution in [2.45, 2.75) is 50.6 Å². The van der Waals surface area contributed by atoms with E-state index in [4.69, 9.17) is 0 Å². The molecule has 0 saturated carbocycles. The van der Waals surface area contributed by atoms with E-state index < -0.39 is 0 Å². The molecule has 3 aromatic rings. The fraction of sp³-hybridized carbons (Fsp3) is 0.345. The summed E-state index contributed by atoms with van der Waals surface area (Å²) >= 11 is 0. The molecule has 5 nitrogen and oxygen atoms in total. The summed E-state index contributed by atoms with van der Waals surface area (Å²) in [4.78, 5) is 35.2. The van der Waals surface area contributed by atoms with Crippen LogP contribution in [0.15, 0.2) is 78.9 Å². The first kappa shape index (κ1) is 22.3. The Labute approximate surface area is 201 Å². The van der Waals surface area contributed by atoms with Gasteiger partial charge in [-0.1, -0.05) is 66.7 Å². The largest absolute Gasteiger partial charge is 0.334 e. The van der Waals surface area contributed by atoms with E-state index in [0.717, 1.165) is 51.6 Å². The normalized spacial score (nSPS) is 20.0. The quantitative estimate of drug-likeness (QED) is 0.540. The Kier molecular flexibility index (Phi) is 6.70. The van der Waals surface area contributed by atoms with Crippen LogP contribution in [0.2, 0.25) is 0 Å². The molecule has 2 aliphatic heterocycles. The number of hydrogen-bond donors (Lipinski definition) is 0. The van der Waals surface area contributed by atoms with Gasteiger partial charge in [0.1, 0.15) is 11.4 Å². The second-order valence-electron chi connectivity index (χ2n) is 9.38. The van der Waals surface area contributed by atoms with Crippen LogP contribution in [0.25, 0.3) is 0 Å². The molecule has 2 atom stereocenters. The van der Waals surface area contributed by atoms with E-state index in [1.54, 1.807) is 18.2 Å². The molecule has 1 aromatic heterocycles. The van der Waals surface area contributed by atoms with Crippen molar-refractivity contribution in [3.05, 3.63) is 101 Å². The third-order valence-electron chi connectivity index (χ3n) is 7.09. The Balaban J connectivity index is 1.30. The first-order valence-corrected chi connectivity index (χ1v) is 12.4. The molecule has 0 aliphatic carbocycles. The molecule has 2 saturated heterocycles. The topological polar surface area (TPSA) is 53.5 Å². The van der Waals surface area contributed by atoms with Crippen LogP contribution in [0.5, 0.6) is 0 Å². The zero-order valence-corrected chi connectivity index (χ0v) is 19.5. The van der Waals surface area contributed by atoms with Crippen molar-refractivity contribution < 1.29 is 9.59 Å². The average molecular weight is 454 g/mol. The third kappa shape index (κ3) is 4.89. The smallest absolute Gasteiger partial charge is 0.272 e. The summed E-state index contributed by atoms with van der Waals surface area (Å²) in [5.74, 6) is -0.148. The maximum Gasteiger partial charge on any atom is 0.272 e. The summed E-state index contributed by atoms with van der Waals surface area (Å²) < 4.78 is 0. The molecule has 174 valence electrons. The standard InChI is InChI=1S/C29H31N3O2/c33-28(31-18-8-14-24(31)20-22-10-3-1-4-11-22)26-16-7-17-27(30-26)29(34)32-19-9-15-25(32)21-23-12-5-2-6-13-23/h1-7,10-13,16-17,24-25H,8-9,14-15,18-21H2/t24-,25-/m0/s1. The van der Waals surface area contributed by atoms with E-state index in [2.05, 4.69) is 29.2 Å². The molecule has 34 heavy (non-hydrogen) atoms. The molecule has 2 fully saturated rings. The van der Waals surface area contributed by atoms with Gasteiger partial charge >= 0.3 is 0 Å². The van der Waals surface area contributed by atoms with Crippen LogP contribution in [-0.4, -0.2) is 51.8 Å². The van der Waals surface area contributed by atoms with Crippen LogP contribution in [0.1, 0.15) is 57.8 Å². The number of carbonyl (C=O) groups excluding carboxylic acids is 2. The predicted octanol–water partition coefficient (Wildman–Crippen LogP) is 4.78. The van der Waals surface area contributed by atoms with Gasteiger partial charge in [-0.3, -0.25) is 9.59 Å². The molecular formula is C29H31N3O2. The Morgan fingerprint density at radius 3 is 1.53 bits per heavy atom. The number of likely N-dealkylation sites (tertiary alicyclic amines) is 2. The average Bonchev–Trinajstić information content (AvgIpc) is 3.54. The fourth-order valence-electron chi connectivity index (χ4n) is 5.37. The molecule has 0 unspecified atom stereocenters. The number of aromatic nitrogens is 1. The van der Waals surface area contributed by atoms with Crippen LogP contribution in [0.4, 0.5) is 0 Å². The lowest BCUT2D eigenvalue weighted by Gasteiger charge is -2.26. The first-order chi connectivity index (χ1) is 16.7. The Morgan fingerprint density at radius 1 is 0.647 bits per heavy atom. The molecule has 2 amide bonds. The number of carbonyl (C=O) groups is 2. The van der Waals surface area contributed by atoms with Gasteiger partial charge in [-0.05, 0) is 61.8 Å². The van der Waals surface area contributed by atoms with Gasteiger partial charge in [-0.2, -0.15) is 0 Å². The number of rotatable bonds is 6. The van der Waals surface area contributed by atoms with E-state index in [0.29, 0.717) is 11.4 Å². The summed E-state index contributed by atoms with van der Waals surface area (Å²) in [7, 11) is 0. The van der Waals surface area contributed by atoms with Gasteiger partial charge in [-0.15, -0.1) is 0 Å². The minimum Gasteiger partial charge on any atom is -0.334 e. The molecule has 2 aromatic carbocycles. The highest BCUT2D eigenvalue weighted by atomic mass is 16.2. The highest BCUT2D eigenvalue weighted by molar-refractivity contribution is 5.96. The van der Waals surface area contributed by atoms with Crippen molar-refractivity contribution in [3.8, 4) is 0 Å². The summed E-state index contributed by atoms with van der Waals surface area (Å²) in [6.45, 7) is 1.48. The third-order valence-corrected chi connectivity index (χ3v) is 7.09. The number of amides is 2. The Morgan fingerprint density at radius 2 is 1.09 bits per heavy atom. The maximum atomic E-state index is 13.4. The summed E-state index contributed by atoms with van der Waals surface area (Å²) in [6.07, 6.45) is 5.68. The highest BCUT2D eigenvalue weighted by Gasteiger charge is 2.32. The number of nitrogens with zero attached hydrogens (tertiary/aromatic N) is 3. The molecule has 5 heteroatoms. The van der Waals surface area contributed by atoms with Crippen molar-refractivity contribution in [2.75, 3.05) is 13.1 Å². The van der Waals surface area contributed by atoms with E-state index >= 15 is 0 Å². The summed E-state index contributed by atoms with van der Waals surface area (Å²) in [6, 6.07) is 26.2. The van der Waals surface area contributed by atoms with Gasteiger partial charge < -0.3 is 9.80 Å². The van der Waals surface area contributed by atoms with Gasteiger partial charge in [0, 0.05) is 25.2 Å². The van der Waals surface area contributed by atoms with Crippen LogP contribution < -0.4 is 0 Å². The van der Waals surface area contributed by atoms with Crippen molar-refractivity contribution in [1.29, 1.82) is 0 Å². The second-order valence-corrected chi connectivity index (χ2v) is 9.38. The predicted molar refractivity (Wildman–Crippen MR) is 133 cm³/mol. The minimum atomic E-state index is -0.0738. The van der Waals surface area contributed by atoms with Gasteiger partial charge in [0.25, 0.3) is 11.8 Å². The monoisotopic (exact) mass is 453 g/mol. The van der Waals surface area contributed by atoms with Gasteiger partial charge in [-0.25, -0.2) is 4.98 Å². The molecule has 0 N–H and O–H groups in total. The Bertz CT molecular complexity index is 1050. The van der Waals surface area contributed by atoms with Crippen LogP contribution in [0.3, 0.4) is 0 Å². The molecule has 0 radical (unpaired) electrons. The lowest BCUT2D eigenvalue weighted by Crippen LogP contribution is -2.39. The van der Waals surface area contributed by atoms with Crippen LogP contribution in [0, 0.1) is 0 Å². The van der Waals surface area contributed by atoms with Crippen LogP contribution >= 0.6 is 0 Å². The summed E-state index contributed by atoms with van der Waals surface area (Å²) in [5, 5.41) is 0. The lowest BCUT2D eigenvalue weighted by molar-refractivity contribution is 0.0723. The van der Waals surface area contributed by atoms with Crippen molar-refractivity contribution >= 4 is 11.8 Å². The molecule has 0 spiro atoms. The SMILES string of the molecule is O=C(c1cccc(C(=O)N2CCC[C@H]2Cc2ccccc2)n1)N1CCC[C@H]1Cc1ccccc1. The number of pyridine rings is 1. The molecule has 3 heterocycles. The number of benzene rings is 2. The molecule has 2 aliphatic rings. The zero-order valence-electron chi connectivity index (χ0n) is 19.5. The van der Waals surface area contributed by atoms with Gasteiger partial charge in [0.15, 0.2) is 0 Å². The van der Waals surface area contributed by atoms with Gasteiger partial charge in [0.2, 0.25) is 0 Å². The molecule has 0 bridgehead atoms. The minimum absolute atomic E-state index is 0.0738. The first-order valence-electron chi connectivity index (χ1n) is 12.4. The summed E-state index contributed by atoms with van der Waals surface area (Å²) in [5.41, 5.74) is 3.21. The fourth-order valence-corrected chi connectivity index (χ4v) is 5.37. The number of hydrogen-bond acceptors (Lipinski definition) is 3. The van der Waals surface area contributed by atoms with E-state index in [1.807, 2.05) is 46.2 Å². The maximum absolute atomic E-state index is 13.4. The zero-order chi connectivity index (χ0) is 23.3. The van der Waals surface area contributed by atoms with Crippen molar-refractivity contribution in [3.63, 3.8) is 0 Å². The second kappa shape index (κ2) is 10.2. The van der Waals surface area contributed by atoms with E-state index in [1.165, 1.54) is 11.1 Å².